The number of hydrogen-bond donors (Lipinski definition) is 1. The van der Waals surface area contributed by atoms with Gasteiger partial charge in [-0.2, -0.15) is 0 Å². The summed E-state index contributed by atoms with van der Waals surface area (Å²) in [4.78, 5) is 13.5. The van der Waals surface area contributed by atoms with E-state index in [4.69, 9.17) is 0 Å². The minimum atomic E-state index is -1.06. The Morgan fingerprint density at radius 1 is 1.24 bits per heavy atom. The zero-order valence-corrected chi connectivity index (χ0v) is 13.1. The Hall–Kier alpha value is -2.17. The maximum Gasteiger partial charge on any atom is 0.358 e. The molecule has 0 aliphatic heterocycles. The molecule has 1 N–H and O–H groups in total. The van der Waals surface area contributed by atoms with E-state index >= 15 is 0 Å². The average Bonchev–Trinajstić information content (AvgIpc) is 2.43. The van der Waals surface area contributed by atoms with Crippen molar-refractivity contribution >= 4 is 22.6 Å². The van der Waals surface area contributed by atoms with Gasteiger partial charge in [0.05, 0.1) is 11.2 Å². The lowest BCUT2D eigenvalue weighted by atomic mass is 9.86. The molecule has 0 fully saturated rings. The smallest absolute Gasteiger partial charge is 0.358 e. The van der Waals surface area contributed by atoms with Crippen LogP contribution in [0, 0.1) is 5.41 Å². The highest BCUT2D eigenvalue weighted by Crippen LogP contribution is 2.33. The maximum atomic E-state index is 11.5. The van der Waals surface area contributed by atoms with Crippen molar-refractivity contribution in [2.24, 2.45) is 5.41 Å². The van der Waals surface area contributed by atoms with E-state index in [2.05, 4.69) is 37.9 Å². The molecule has 0 aliphatic carbocycles. The Morgan fingerprint density at radius 2 is 1.86 bits per heavy atom. The van der Waals surface area contributed by atoms with Gasteiger partial charge in [0.15, 0.2) is 5.69 Å². The summed E-state index contributed by atoms with van der Waals surface area (Å²) < 4.78 is 0. The lowest BCUT2D eigenvalue weighted by molar-refractivity contribution is 0.0690. The van der Waals surface area contributed by atoms with Crippen LogP contribution in [0.2, 0.25) is 0 Å². The molecule has 112 valence electrons. The number of carboxylic acids is 1. The molecule has 5 nitrogen and oxygen atoms in total. The van der Waals surface area contributed by atoms with Crippen LogP contribution in [0.15, 0.2) is 24.3 Å². The van der Waals surface area contributed by atoms with Gasteiger partial charge in [-0.3, -0.25) is 0 Å². The van der Waals surface area contributed by atoms with Gasteiger partial charge in [0.25, 0.3) is 0 Å². The summed E-state index contributed by atoms with van der Waals surface area (Å²) in [5.41, 5.74) is 1.32. The van der Waals surface area contributed by atoms with Gasteiger partial charge in [0.1, 0.15) is 0 Å². The van der Waals surface area contributed by atoms with Crippen molar-refractivity contribution in [1.82, 2.24) is 10.2 Å². The van der Waals surface area contributed by atoms with Crippen LogP contribution in [0.4, 0.5) is 5.69 Å². The van der Waals surface area contributed by atoms with Crippen molar-refractivity contribution in [3.63, 3.8) is 0 Å². The van der Waals surface area contributed by atoms with Gasteiger partial charge in [0, 0.05) is 18.5 Å². The zero-order chi connectivity index (χ0) is 15.8. The number of anilines is 1. The van der Waals surface area contributed by atoms with Crippen LogP contribution >= 0.6 is 0 Å². The van der Waals surface area contributed by atoms with Crippen LogP contribution in [-0.2, 0) is 0 Å². The number of fused-ring (bicyclic) bond motifs is 1. The van der Waals surface area contributed by atoms with Crippen LogP contribution in [0.1, 0.15) is 38.2 Å². The van der Waals surface area contributed by atoms with E-state index in [-0.39, 0.29) is 17.2 Å². The third-order valence-corrected chi connectivity index (χ3v) is 4.03. The lowest BCUT2D eigenvalue weighted by Gasteiger charge is -2.37. The lowest BCUT2D eigenvalue weighted by Crippen LogP contribution is -2.40. The van der Waals surface area contributed by atoms with Crippen LogP contribution in [0.5, 0.6) is 0 Å². The van der Waals surface area contributed by atoms with Gasteiger partial charge in [-0.15, -0.1) is 10.2 Å². The minimum absolute atomic E-state index is 0.00713. The summed E-state index contributed by atoms with van der Waals surface area (Å²) in [7, 11) is 1.91. The molecule has 0 aliphatic rings. The minimum Gasteiger partial charge on any atom is -0.476 e. The van der Waals surface area contributed by atoms with Crippen molar-refractivity contribution in [2.45, 2.75) is 33.7 Å². The molecule has 0 spiro atoms. The van der Waals surface area contributed by atoms with Crippen molar-refractivity contribution in [3.8, 4) is 0 Å². The molecule has 21 heavy (non-hydrogen) atoms. The van der Waals surface area contributed by atoms with Gasteiger partial charge in [-0.25, -0.2) is 4.79 Å². The molecule has 0 saturated heterocycles. The number of aromatic carboxylic acids is 1. The van der Waals surface area contributed by atoms with E-state index in [1.165, 1.54) is 0 Å². The van der Waals surface area contributed by atoms with Crippen LogP contribution in [0.3, 0.4) is 0 Å². The second-order valence-corrected chi connectivity index (χ2v) is 6.37. The largest absolute Gasteiger partial charge is 0.476 e. The summed E-state index contributed by atoms with van der Waals surface area (Å²) >= 11 is 0. The van der Waals surface area contributed by atoms with Crippen LogP contribution in [-0.4, -0.2) is 34.4 Å². The highest BCUT2D eigenvalue weighted by atomic mass is 16.4. The molecule has 1 heterocycles. The van der Waals surface area contributed by atoms with Crippen LogP contribution < -0.4 is 4.90 Å². The molecule has 0 amide bonds. The first-order valence-corrected chi connectivity index (χ1v) is 6.95. The normalized spacial score (nSPS) is 13.2. The molecule has 0 bridgehead atoms. The molecule has 1 aromatic carbocycles. The molecule has 2 aromatic rings. The predicted molar refractivity (Wildman–Crippen MR) is 83.8 cm³/mol. The fourth-order valence-corrected chi connectivity index (χ4v) is 2.32. The van der Waals surface area contributed by atoms with E-state index < -0.39 is 5.97 Å². The van der Waals surface area contributed by atoms with Crippen molar-refractivity contribution in [3.05, 3.63) is 30.0 Å². The first-order valence-electron chi connectivity index (χ1n) is 6.95. The molecule has 1 aromatic heterocycles. The van der Waals surface area contributed by atoms with Crippen LogP contribution in [0.25, 0.3) is 10.9 Å². The SMILES string of the molecule is CC(N(C)c1c(C(=O)O)nnc2ccccc12)C(C)(C)C. The van der Waals surface area contributed by atoms with Crippen molar-refractivity contribution in [2.75, 3.05) is 11.9 Å². The van der Waals surface area contributed by atoms with Gasteiger partial charge >= 0.3 is 5.97 Å². The summed E-state index contributed by atoms with van der Waals surface area (Å²) in [5, 5.41) is 18.1. The first-order chi connectivity index (χ1) is 9.73. The van der Waals surface area contributed by atoms with E-state index in [1.807, 2.05) is 36.2 Å². The monoisotopic (exact) mass is 287 g/mol. The maximum absolute atomic E-state index is 11.5. The fraction of sp³-hybridized carbons (Fsp3) is 0.438. The Kier molecular flexibility index (Phi) is 3.85. The fourth-order valence-electron chi connectivity index (χ4n) is 2.32. The molecule has 1 unspecified atom stereocenters. The highest BCUT2D eigenvalue weighted by Gasteiger charge is 2.28. The molecule has 5 heteroatoms. The molecule has 0 radical (unpaired) electrons. The van der Waals surface area contributed by atoms with Crippen molar-refractivity contribution in [1.29, 1.82) is 0 Å². The Labute approximate surface area is 124 Å². The van der Waals surface area contributed by atoms with Gasteiger partial charge in [-0.05, 0) is 18.4 Å². The molecule has 1 atom stereocenters. The molecular weight excluding hydrogens is 266 g/mol. The third-order valence-electron chi connectivity index (χ3n) is 4.03. The summed E-state index contributed by atoms with van der Waals surface area (Å²) in [5.74, 6) is -1.06. The Balaban J connectivity index is 2.70. The molecular formula is C16H21N3O2. The second-order valence-electron chi connectivity index (χ2n) is 6.37. The van der Waals surface area contributed by atoms with E-state index in [0.29, 0.717) is 11.2 Å². The number of hydrogen-bond acceptors (Lipinski definition) is 4. The van der Waals surface area contributed by atoms with Crippen molar-refractivity contribution < 1.29 is 9.90 Å². The summed E-state index contributed by atoms with van der Waals surface area (Å²) in [6, 6.07) is 7.62. The van der Waals surface area contributed by atoms with Gasteiger partial charge in [0.2, 0.25) is 0 Å². The average molecular weight is 287 g/mol. The third kappa shape index (κ3) is 2.82. The highest BCUT2D eigenvalue weighted by molar-refractivity contribution is 6.02. The van der Waals surface area contributed by atoms with E-state index in [0.717, 1.165) is 5.39 Å². The number of carboxylic acid groups (broad SMARTS) is 1. The number of nitrogens with zero attached hydrogens (tertiary/aromatic N) is 3. The summed E-state index contributed by atoms with van der Waals surface area (Å²) in [6.45, 7) is 8.48. The van der Waals surface area contributed by atoms with Gasteiger partial charge in [-0.1, -0.05) is 39.0 Å². The molecule has 0 saturated carbocycles. The topological polar surface area (TPSA) is 66.3 Å². The predicted octanol–water partition coefficient (Wildman–Crippen LogP) is 3.20. The number of rotatable bonds is 3. The number of aromatic nitrogens is 2. The second kappa shape index (κ2) is 5.31. The number of benzene rings is 1. The quantitative estimate of drug-likeness (QED) is 0.939. The first kappa shape index (κ1) is 15.2. The Bertz CT molecular complexity index is 677. The van der Waals surface area contributed by atoms with Gasteiger partial charge < -0.3 is 10.0 Å². The van der Waals surface area contributed by atoms with E-state index in [1.54, 1.807) is 0 Å². The number of carbonyl (C=O) groups is 1. The van der Waals surface area contributed by atoms with E-state index in [9.17, 15) is 9.90 Å². The Morgan fingerprint density at radius 3 is 2.43 bits per heavy atom. The summed E-state index contributed by atoms with van der Waals surface area (Å²) in [6.07, 6.45) is 0. The zero-order valence-electron chi connectivity index (χ0n) is 13.1. The standard InChI is InChI=1S/C16H21N3O2/c1-10(16(2,3)4)19(5)14-11-8-6-7-9-12(11)17-18-13(14)15(20)21/h6-10H,1-5H3,(H,20,21). The molecule has 2 rings (SSSR count).